The Morgan fingerprint density at radius 2 is 1.73 bits per heavy atom. The van der Waals surface area contributed by atoms with Crippen molar-refractivity contribution in [3.63, 3.8) is 0 Å². The van der Waals surface area contributed by atoms with Crippen LogP contribution in [0.2, 0.25) is 0 Å². The third-order valence-corrected chi connectivity index (χ3v) is 6.96. The maximum absolute atomic E-state index is 13.4. The zero-order chi connectivity index (χ0) is 25.8. The van der Waals surface area contributed by atoms with Crippen LogP contribution in [0.3, 0.4) is 0 Å². The first-order valence-corrected chi connectivity index (χ1v) is 12.3. The summed E-state index contributed by atoms with van der Waals surface area (Å²) in [6, 6.07) is 22.7. The van der Waals surface area contributed by atoms with Gasteiger partial charge >= 0.3 is 0 Å². The van der Waals surface area contributed by atoms with Crippen LogP contribution in [0, 0.1) is 10.1 Å². The molecule has 1 saturated heterocycles. The first-order valence-electron chi connectivity index (χ1n) is 12.3. The molecule has 3 aromatic carbocycles. The molecule has 1 fully saturated rings. The second-order valence-corrected chi connectivity index (χ2v) is 9.18. The van der Waals surface area contributed by atoms with Crippen LogP contribution in [0.4, 0.5) is 5.69 Å². The summed E-state index contributed by atoms with van der Waals surface area (Å²) in [4.78, 5) is 26.1. The number of para-hydroxylation sites is 1. The molecule has 8 nitrogen and oxygen atoms in total. The van der Waals surface area contributed by atoms with E-state index in [4.69, 9.17) is 9.47 Å². The first kappa shape index (κ1) is 24.5. The Bertz CT molecular complexity index is 1390. The average Bonchev–Trinajstić information content (AvgIpc) is 3.30. The highest BCUT2D eigenvalue weighted by Crippen LogP contribution is 2.36. The van der Waals surface area contributed by atoms with Crippen LogP contribution >= 0.6 is 0 Å². The van der Waals surface area contributed by atoms with Gasteiger partial charge in [0.05, 0.1) is 25.2 Å². The van der Waals surface area contributed by atoms with Gasteiger partial charge in [0.1, 0.15) is 5.75 Å². The molecule has 0 N–H and O–H groups in total. The van der Waals surface area contributed by atoms with Gasteiger partial charge in [0, 0.05) is 61.2 Å². The molecule has 0 saturated carbocycles. The highest BCUT2D eigenvalue weighted by molar-refractivity contribution is 5.87. The van der Waals surface area contributed by atoms with E-state index in [1.165, 1.54) is 12.1 Å². The Balaban J connectivity index is 1.54. The molecule has 5 rings (SSSR count). The highest BCUT2D eigenvalue weighted by atomic mass is 16.6. The van der Waals surface area contributed by atoms with Crippen LogP contribution in [0.15, 0.2) is 79.0 Å². The van der Waals surface area contributed by atoms with Gasteiger partial charge in [-0.1, -0.05) is 42.5 Å². The van der Waals surface area contributed by atoms with Gasteiger partial charge in [0.25, 0.3) is 5.69 Å². The van der Waals surface area contributed by atoms with Crippen molar-refractivity contribution in [3.8, 4) is 5.75 Å². The number of methoxy groups -OCH3 is 1. The minimum Gasteiger partial charge on any atom is -0.497 e. The largest absolute Gasteiger partial charge is 0.497 e. The van der Waals surface area contributed by atoms with Crippen LogP contribution in [0.5, 0.6) is 5.75 Å². The number of ether oxygens (including phenoxy) is 2. The lowest BCUT2D eigenvalue weighted by Crippen LogP contribution is -2.41. The maximum Gasteiger partial charge on any atom is 0.269 e. The highest BCUT2D eigenvalue weighted by Gasteiger charge is 2.26. The summed E-state index contributed by atoms with van der Waals surface area (Å²) in [5.41, 5.74) is 4.13. The molecule has 4 aromatic rings. The number of morpholine rings is 1. The summed E-state index contributed by atoms with van der Waals surface area (Å²) in [5.74, 6) is 0.610. The fourth-order valence-corrected chi connectivity index (χ4v) is 4.96. The summed E-state index contributed by atoms with van der Waals surface area (Å²) in [7, 11) is 1.65. The molecule has 1 unspecified atom stereocenters. The Morgan fingerprint density at radius 3 is 2.41 bits per heavy atom. The standard InChI is InChI=1S/C29H29N3O5/c1-36-24-12-6-21(7-13-24)19-31-20-27(25-4-2-3-5-28(25)31)26(18-29(33)30-14-16-37-17-15-30)22-8-10-23(11-9-22)32(34)35/h2-13,20,26H,14-19H2,1H3. The number of hydrogen-bond donors (Lipinski definition) is 0. The SMILES string of the molecule is COc1ccc(Cn2cc(C(CC(=O)N3CCOCC3)c3ccc([N+](=O)[O-])cc3)c3ccccc32)cc1. The summed E-state index contributed by atoms with van der Waals surface area (Å²) in [6.07, 6.45) is 2.39. The zero-order valence-corrected chi connectivity index (χ0v) is 20.7. The molecular weight excluding hydrogens is 470 g/mol. The number of nitro benzene ring substituents is 1. The third kappa shape index (κ3) is 5.34. The molecule has 190 valence electrons. The number of hydrogen-bond acceptors (Lipinski definition) is 5. The number of aromatic nitrogens is 1. The molecule has 1 aliphatic rings. The number of fused-ring (bicyclic) bond motifs is 1. The van der Waals surface area contributed by atoms with E-state index in [1.54, 1.807) is 19.2 Å². The normalized spacial score (nSPS) is 14.5. The summed E-state index contributed by atoms with van der Waals surface area (Å²) < 4.78 is 12.9. The van der Waals surface area contributed by atoms with E-state index in [0.717, 1.165) is 33.3 Å². The summed E-state index contributed by atoms with van der Waals surface area (Å²) >= 11 is 0. The molecule has 1 amide bonds. The third-order valence-electron chi connectivity index (χ3n) is 6.96. The minimum atomic E-state index is -0.404. The first-order chi connectivity index (χ1) is 18.0. The minimum absolute atomic E-state index is 0.0314. The molecule has 8 heteroatoms. The van der Waals surface area contributed by atoms with Gasteiger partial charge in [-0.05, 0) is 34.9 Å². The molecule has 1 aliphatic heterocycles. The Kier molecular flexibility index (Phi) is 7.18. The predicted octanol–water partition coefficient (Wildman–Crippen LogP) is 4.99. The van der Waals surface area contributed by atoms with Gasteiger partial charge in [-0.2, -0.15) is 0 Å². The van der Waals surface area contributed by atoms with Gasteiger partial charge in [0.2, 0.25) is 5.91 Å². The van der Waals surface area contributed by atoms with Crippen molar-refractivity contribution in [1.29, 1.82) is 0 Å². The number of nitrogens with zero attached hydrogens (tertiary/aromatic N) is 3. The van der Waals surface area contributed by atoms with Gasteiger partial charge < -0.3 is 18.9 Å². The Hall–Kier alpha value is -4.17. The molecule has 1 aromatic heterocycles. The molecule has 0 bridgehead atoms. The molecule has 0 radical (unpaired) electrons. The second-order valence-electron chi connectivity index (χ2n) is 9.18. The molecule has 1 atom stereocenters. The summed E-state index contributed by atoms with van der Waals surface area (Å²) in [6.45, 7) is 2.88. The van der Waals surface area contributed by atoms with Crippen molar-refractivity contribution >= 4 is 22.5 Å². The van der Waals surface area contributed by atoms with E-state index in [9.17, 15) is 14.9 Å². The smallest absolute Gasteiger partial charge is 0.269 e. The lowest BCUT2D eigenvalue weighted by molar-refractivity contribution is -0.384. The lowest BCUT2D eigenvalue weighted by Gasteiger charge is -2.28. The van der Waals surface area contributed by atoms with Crippen molar-refractivity contribution in [3.05, 3.63) is 106 Å². The zero-order valence-electron chi connectivity index (χ0n) is 20.7. The van der Waals surface area contributed by atoms with Crippen LogP contribution in [0.25, 0.3) is 10.9 Å². The molecule has 0 aliphatic carbocycles. The number of non-ortho nitro benzene ring substituents is 1. The monoisotopic (exact) mass is 499 g/mol. The van der Waals surface area contributed by atoms with Crippen LogP contribution in [-0.4, -0.2) is 53.7 Å². The lowest BCUT2D eigenvalue weighted by atomic mass is 9.87. The maximum atomic E-state index is 13.4. The summed E-state index contributed by atoms with van der Waals surface area (Å²) in [5, 5.41) is 12.3. The molecular formula is C29H29N3O5. The van der Waals surface area contributed by atoms with Crippen molar-refractivity contribution in [2.45, 2.75) is 18.9 Å². The van der Waals surface area contributed by atoms with Crippen molar-refractivity contribution in [2.24, 2.45) is 0 Å². The van der Waals surface area contributed by atoms with Gasteiger partial charge in [-0.15, -0.1) is 0 Å². The fraction of sp³-hybridized carbons (Fsp3) is 0.276. The van der Waals surface area contributed by atoms with E-state index in [2.05, 4.69) is 22.9 Å². The van der Waals surface area contributed by atoms with E-state index < -0.39 is 4.92 Å². The number of nitro groups is 1. The number of carbonyl (C=O) groups is 1. The second kappa shape index (κ2) is 10.8. The van der Waals surface area contributed by atoms with Crippen molar-refractivity contribution < 1.29 is 19.2 Å². The van der Waals surface area contributed by atoms with Crippen LogP contribution in [0.1, 0.15) is 29.0 Å². The topological polar surface area (TPSA) is 86.8 Å². The van der Waals surface area contributed by atoms with Gasteiger partial charge in [-0.3, -0.25) is 14.9 Å². The van der Waals surface area contributed by atoms with E-state index >= 15 is 0 Å². The van der Waals surface area contributed by atoms with Crippen LogP contribution < -0.4 is 4.74 Å². The Morgan fingerprint density at radius 1 is 1.03 bits per heavy atom. The number of benzene rings is 3. The van der Waals surface area contributed by atoms with Crippen molar-refractivity contribution in [2.75, 3.05) is 33.4 Å². The van der Waals surface area contributed by atoms with Crippen molar-refractivity contribution in [1.82, 2.24) is 9.47 Å². The fourth-order valence-electron chi connectivity index (χ4n) is 4.96. The van der Waals surface area contributed by atoms with E-state index in [1.807, 2.05) is 41.3 Å². The quantitative estimate of drug-likeness (QED) is 0.252. The number of carbonyl (C=O) groups excluding carboxylic acids is 1. The molecule has 2 heterocycles. The number of amides is 1. The molecule has 0 spiro atoms. The van der Waals surface area contributed by atoms with Gasteiger partial charge in [-0.25, -0.2) is 0 Å². The predicted molar refractivity (Wildman–Crippen MR) is 141 cm³/mol. The number of rotatable bonds is 8. The Labute approximate surface area is 215 Å². The average molecular weight is 500 g/mol. The molecule has 37 heavy (non-hydrogen) atoms. The van der Waals surface area contributed by atoms with E-state index in [0.29, 0.717) is 32.8 Å². The van der Waals surface area contributed by atoms with Crippen LogP contribution in [-0.2, 0) is 16.1 Å². The van der Waals surface area contributed by atoms with E-state index in [-0.39, 0.29) is 23.9 Å². The van der Waals surface area contributed by atoms with Gasteiger partial charge in [0.15, 0.2) is 0 Å².